The van der Waals surface area contributed by atoms with Crippen molar-refractivity contribution in [2.45, 2.75) is 63.3 Å². The van der Waals surface area contributed by atoms with Crippen LogP contribution in [0.25, 0.3) is 0 Å². The highest BCUT2D eigenvalue weighted by Gasteiger charge is 2.66. The summed E-state index contributed by atoms with van der Waals surface area (Å²) in [5.74, 6) is 0.931. The van der Waals surface area contributed by atoms with Crippen LogP contribution in [0.2, 0.25) is 0 Å². The van der Waals surface area contributed by atoms with Gasteiger partial charge < -0.3 is 14.6 Å². The molecule has 2 bridgehead atoms. The van der Waals surface area contributed by atoms with Crippen molar-refractivity contribution in [3.8, 4) is 0 Å². The molecule has 1 aliphatic heterocycles. The van der Waals surface area contributed by atoms with Gasteiger partial charge >= 0.3 is 0 Å². The fraction of sp³-hybridized carbons (Fsp3) is 1.00. The summed E-state index contributed by atoms with van der Waals surface area (Å²) in [5.41, 5.74) is -0.304. The van der Waals surface area contributed by atoms with E-state index in [1.165, 1.54) is 19.3 Å². The van der Waals surface area contributed by atoms with Crippen LogP contribution in [-0.4, -0.2) is 29.7 Å². The third kappa shape index (κ3) is 1.26. The summed E-state index contributed by atoms with van der Waals surface area (Å²) in [5, 5.41) is 10.9. The zero-order chi connectivity index (χ0) is 12.4. The molecule has 4 fully saturated rings. The van der Waals surface area contributed by atoms with Crippen molar-refractivity contribution in [3.63, 3.8) is 0 Å². The molecule has 4 atom stereocenters. The lowest BCUT2D eigenvalue weighted by Gasteiger charge is -2.53. The average molecular weight is 252 g/mol. The first-order chi connectivity index (χ1) is 8.58. The Hall–Kier alpha value is -0.120. The van der Waals surface area contributed by atoms with Crippen molar-refractivity contribution in [2.75, 3.05) is 13.2 Å². The molecule has 3 heteroatoms. The van der Waals surface area contributed by atoms with Gasteiger partial charge in [-0.15, -0.1) is 0 Å². The first-order valence-electron chi connectivity index (χ1n) is 7.58. The molecular formula is C15H24O3. The summed E-state index contributed by atoms with van der Waals surface area (Å²) >= 11 is 0. The predicted molar refractivity (Wildman–Crippen MR) is 67.0 cm³/mol. The Bertz CT molecular complexity index is 359. The number of aliphatic hydroxyl groups is 1. The third-order valence-electron chi connectivity index (χ3n) is 6.57. The van der Waals surface area contributed by atoms with E-state index in [4.69, 9.17) is 9.47 Å². The Balaban J connectivity index is 1.69. The van der Waals surface area contributed by atoms with Gasteiger partial charge in [0.05, 0.1) is 18.8 Å². The van der Waals surface area contributed by atoms with Crippen LogP contribution in [0.5, 0.6) is 0 Å². The van der Waals surface area contributed by atoms with E-state index in [2.05, 4.69) is 6.92 Å². The van der Waals surface area contributed by atoms with Crippen molar-refractivity contribution in [3.05, 3.63) is 0 Å². The van der Waals surface area contributed by atoms with Crippen molar-refractivity contribution in [1.29, 1.82) is 0 Å². The number of ether oxygens (including phenoxy) is 2. The molecule has 1 N–H and O–H groups in total. The topological polar surface area (TPSA) is 38.7 Å². The second-order valence-corrected chi connectivity index (χ2v) is 7.16. The maximum absolute atomic E-state index is 10.9. The van der Waals surface area contributed by atoms with Gasteiger partial charge in [0.1, 0.15) is 0 Å². The third-order valence-corrected chi connectivity index (χ3v) is 6.57. The molecule has 102 valence electrons. The molecule has 0 aromatic carbocycles. The normalized spacial score (nSPS) is 53.7. The Labute approximate surface area is 109 Å². The standard InChI is InChI=1S/C15H24O3/c1-13(16)4-2-3-11-9-12-10-14(11,13)5-6-15(12)17-7-8-18-15/h11-12,16H,2-10H2,1H3/t11-,12?,13?,14+/m0/s1. The van der Waals surface area contributed by atoms with E-state index < -0.39 is 5.60 Å². The lowest BCUT2D eigenvalue weighted by atomic mass is 9.56. The molecular weight excluding hydrogens is 228 g/mol. The fourth-order valence-electron chi connectivity index (χ4n) is 5.62. The van der Waals surface area contributed by atoms with Crippen molar-refractivity contribution in [1.82, 2.24) is 0 Å². The van der Waals surface area contributed by atoms with E-state index in [0.717, 1.165) is 38.9 Å². The molecule has 2 unspecified atom stereocenters. The largest absolute Gasteiger partial charge is 0.390 e. The molecule has 18 heavy (non-hydrogen) atoms. The van der Waals surface area contributed by atoms with Gasteiger partial charge in [-0.2, -0.15) is 0 Å². The molecule has 4 rings (SSSR count). The van der Waals surface area contributed by atoms with Gasteiger partial charge in [-0.05, 0) is 44.9 Å². The molecule has 0 aromatic rings. The number of fused-ring (bicyclic) bond motifs is 2. The van der Waals surface area contributed by atoms with E-state index in [1.54, 1.807) is 0 Å². The van der Waals surface area contributed by atoms with Crippen LogP contribution in [0.4, 0.5) is 0 Å². The van der Waals surface area contributed by atoms with Gasteiger partial charge in [-0.1, -0.05) is 6.42 Å². The van der Waals surface area contributed by atoms with Crippen LogP contribution in [0, 0.1) is 17.3 Å². The zero-order valence-corrected chi connectivity index (χ0v) is 11.3. The van der Waals surface area contributed by atoms with E-state index in [9.17, 15) is 5.11 Å². The summed E-state index contributed by atoms with van der Waals surface area (Å²) in [7, 11) is 0. The minimum absolute atomic E-state index is 0.163. The van der Waals surface area contributed by atoms with Crippen LogP contribution in [0.15, 0.2) is 0 Å². The van der Waals surface area contributed by atoms with Gasteiger partial charge in [0.2, 0.25) is 0 Å². The predicted octanol–water partition coefficient (Wildman–Crippen LogP) is 2.47. The van der Waals surface area contributed by atoms with Crippen LogP contribution in [-0.2, 0) is 9.47 Å². The highest BCUT2D eigenvalue weighted by molar-refractivity contribution is 5.14. The Morgan fingerprint density at radius 3 is 2.61 bits per heavy atom. The quantitative estimate of drug-likeness (QED) is 0.720. The minimum Gasteiger partial charge on any atom is -0.390 e. The molecule has 3 saturated carbocycles. The van der Waals surface area contributed by atoms with Gasteiger partial charge in [-0.3, -0.25) is 0 Å². The SMILES string of the molecule is CC1(O)CCC[C@H]2CC3C[C@]21CCC31OCCO1. The smallest absolute Gasteiger partial charge is 0.171 e. The van der Waals surface area contributed by atoms with Crippen molar-refractivity contribution < 1.29 is 14.6 Å². The minimum atomic E-state index is -0.467. The van der Waals surface area contributed by atoms with Crippen LogP contribution >= 0.6 is 0 Å². The van der Waals surface area contributed by atoms with Crippen molar-refractivity contribution >= 4 is 0 Å². The van der Waals surface area contributed by atoms with Crippen LogP contribution in [0.3, 0.4) is 0 Å². The molecule has 3 aliphatic carbocycles. The summed E-state index contributed by atoms with van der Waals surface area (Å²) in [4.78, 5) is 0. The number of rotatable bonds is 0. The summed E-state index contributed by atoms with van der Waals surface area (Å²) < 4.78 is 12.0. The lowest BCUT2D eigenvalue weighted by Crippen LogP contribution is -2.54. The molecule has 1 saturated heterocycles. The number of hydrogen-bond donors (Lipinski definition) is 1. The maximum Gasteiger partial charge on any atom is 0.171 e. The van der Waals surface area contributed by atoms with Gasteiger partial charge in [-0.25, -0.2) is 0 Å². The molecule has 0 amide bonds. The first-order valence-corrected chi connectivity index (χ1v) is 7.58. The summed E-state index contributed by atoms with van der Waals surface area (Å²) in [6.07, 6.45) is 7.85. The highest BCUT2D eigenvalue weighted by atomic mass is 16.7. The highest BCUT2D eigenvalue weighted by Crippen LogP contribution is 2.67. The molecule has 3 nitrogen and oxygen atoms in total. The van der Waals surface area contributed by atoms with E-state index in [0.29, 0.717) is 11.8 Å². The molecule has 4 aliphatic rings. The number of hydrogen-bond acceptors (Lipinski definition) is 3. The monoisotopic (exact) mass is 252 g/mol. The first kappa shape index (κ1) is 11.7. The summed E-state index contributed by atoms with van der Waals surface area (Å²) in [6.45, 7) is 3.59. The molecule has 2 spiro atoms. The Morgan fingerprint density at radius 2 is 1.83 bits per heavy atom. The molecule has 0 radical (unpaired) electrons. The second-order valence-electron chi connectivity index (χ2n) is 7.16. The molecule has 1 heterocycles. The molecule has 0 aromatic heterocycles. The van der Waals surface area contributed by atoms with Crippen LogP contribution in [0.1, 0.15) is 51.9 Å². The average Bonchev–Trinajstić information content (AvgIpc) is 2.89. The van der Waals surface area contributed by atoms with Gasteiger partial charge in [0.25, 0.3) is 0 Å². The van der Waals surface area contributed by atoms with Gasteiger partial charge in [0.15, 0.2) is 5.79 Å². The Kier molecular flexibility index (Phi) is 2.27. The lowest BCUT2D eigenvalue weighted by molar-refractivity contribution is -0.231. The van der Waals surface area contributed by atoms with E-state index >= 15 is 0 Å². The van der Waals surface area contributed by atoms with E-state index in [1.807, 2.05) is 0 Å². The van der Waals surface area contributed by atoms with Crippen LogP contribution < -0.4 is 0 Å². The van der Waals surface area contributed by atoms with Crippen molar-refractivity contribution in [2.24, 2.45) is 17.3 Å². The van der Waals surface area contributed by atoms with E-state index in [-0.39, 0.29) is 11.2 Å². The fourth-order valence-corrected chi connectivity index (χ4v) is 5.62. The Morgan fingerprint density at radius 1 is 1.06 bits per heavy atom. The van der Waals surface area contributed by atoms with Gasteiger partial charge in [0, 0.05) is 17.8 Å². The summed E-state index contributed by atoms with van der Waals surface area (Å²) in [6, 6.07) is 0. The maximum atomic E-state index is 10.9. The zero-order valence-electron chi connectivity index (χ0n) is 11.3. The second kappa shape index (κ2) is 3.50.